The number of amides is 1. The number of nitrogens with two attached hydrogens (primary N) is 1. The molecule has 0 radical (unpaired) electrons. The predicted octanol–water partition coefficient (Wildman–Crippen LogP) is 1.46. The lowest BCUT2D eigenvalue weighted by Gasteiger charge is -2.12. The molecule has 4 N–H and O–H groups in total. The standard InChI is InChI=1S/C19H24N4O2/c1-21-19(22-11-10-15-6-3-2-4-7-15)23-13-16-8-5-9-17(12-16)25-14-18(20)24/h2-9,12H,10-11,13-14H2,1H3,(H2,20,24)(H2,21,22,23). The molecule has 0 saturated carbocycles. The molecule has 0 bridgehead atoms. The van der Waals surface area contributed by atoms with Gasteiger partial charge in [0, 0.05) is 20.1 Å². The highest BCUT2D eigenvalue weighted by Gasteiger charge is 2.02. The van der Waals surface area contributed by atoms with Crippen LogP contribution in [-0.4, -0.2) is 32.1 Å². The Morgan fingerprint density at radius 3 is 2.56 bits per heavy atom. The fourth-order valence-electron chi connectivity index (χ4n) is 2.28. The van der Waals surface area contributed by atoms with Crippen LogP contribution in [0.1, 0.15) is 11.1 Å². The van der Waals surface area contributed by atoms with E-state index in [0.717, 1.165) is 24.5 Å². The second kappa shape index (κ2) is 9.97. The number of ether oxygens (including phenoxy) is 1. The van der Waals surface area contributed by atoms with Crippen molar-refractivity contribution in [2.75, 3.05) is 20.2 Å². The van der Waals surface area contributed by atoms with Crippen LogP contribution in [0.5, 0.6) is 5.75 Å². The first kappa shape index (κ1) is 18.3. The van der Waals surface area contributed by atoms with Gasteiger partial charge in [-0.1, -0.05) is 42.5 Å². The molecule has 1 amide bonds. The summed E-state index contributed by atoms with van der Waals surface area (Å²) in [5.74, 6) is 0.857. The van der Waals surface area contributed by atoms with E-state index >= 15 is 0 Å². The third-order valence-electron chi connectivity index (χ3n) is 3.51. The first-order chi connectivity index (χ1) is 12.2. The van der Waals surface area contributed by atoms with Crippen molar-refractivity contribution >= 4 is 11.9 Å². The molecule has 2 rings (SSSR count). The molecule has 0 unspecified atom stereocenters. The molecule has 2 aromatic rings. The Morgan fingerprint density at radius 1 is 1.08 bits per heavy atom. The number of nitrogens with one attached hydrogen (secondary N) is 2. The fourth-order valence-corrected chi connectivity index (χ4v) is 2.28. The smallest absolute Gasteiger partial charge is 0.255 e. The zero-order chi connectivity index (χ0) is 17.9. The zero-order valence-electron chi connectivity index (χ0n) is 14.4. The molecule has 2 aromatic carbocycles. The molecule has 0 aliphatic rings. The number of nitrogens with zero attached hydrogens (tertiary/aromatic N) is 1. The largest absolute Gasteiger partial charge is 0.484 e. The van der Waals surface area contributed by atoms with E-state index in [2.05, 4.69) is 27.8 Å². The number of carbonyl (C=O) groups excluding carboxylic acids is 1. The van der Waals surface area contributed by atoms with E-state index in [0.29, 0.717) is 12.3 Å². The average Bonchev–Trinajstić information content (AvgIpc) is 2.64. The van der Waals surface area contributed by atoms with Crippen molar-refractivity contribution < 1.29 is 9.53 Å². The number of carbonyl (C=O) groups is 1. The summed E-state index contributed by atoms with van der Waals surface area (Å²) in [6.45, 7) is 1.27. The van der Waals surface area contributed by atoms with Crippen LogP contribution in [-0.2, 0) is 17.8 Å². The molecule has 0 aliphatic carbocycles. The lowest BCUT2D eigenvalue weighted by atomic mass is 10.1. The lowest BCUT2D eigenvalue weighted by molar-refractivity contribution is -0.119. The maximum Gasteiger partial charge on any atom is 0.255 e. The number of hydrogen-bond donors (Lipinski definition) is 3. The van der Waals surface area contributed by atoms with E-state index in [1.54, 1.807) is 13.1 Å². The number of benzene rings is 2. The number of guanidine groups is 1. The molecule has 25 heavy (non-hydrogen) atoms. The Morgan fingerprint density at radius 2 is 1.84 bits per heavy atom. The van der Waals surface area contributed by atoms with Crippen LogP contribution in [0, 0.1) is 0 Å². The molecule has 0 saturated heterocycles. The topological polar surface area (TPSA) is 88.7 Å². The molecule has 6 nitrogen and oxygen atoms in total. The second-order valence-corrected chi connectivity index (χ2v) is 5.49. The third-order valence-corrected chi connectivity index (χ3v) is 3.51. The average molecular weight is 340 g/mol. The van der Waals surface area contributed by atoms with Gasteiger partial charge in [-0.3, -0.25) is 9.79 Å². The molecule has 6 heteroatoms. The summed E-state index contributed by atoms with van der Waals surface area (Å²) in [7, 11) is 1.74. The molecule has 0 aliphatic heterocycles. The summed E-state index contributed by atoms with van der Waals surface area (Å²) < 4.78 is 5.31. The van der Waals surface area contributed by atoms with Gasteiger partial charge >= 0.3 is 0 Å². The Hall–Kier alpha value is -3.02. The maximum atomic E-state index is 10.8. The van der Waals surface area contributed by atoms with Crippen LogP contribution in [0.15, 0.2) is 59.6 Å². The van der Waals surface area contributed by atoms with Gasteiger partial charge in [0.1, 0.15) is 5.75 Å². The molecule has 0 fully saturated rings. The fraction of sp³-hybridized carbons (Fsp3) is 0.263. The highest BCUT2D eigenvalue weighted by molar-refractivity contribution is 5.79. The minimum absolute atomic E-state index is 0.125. The maximum absolute atomic E-state index is 10.8. The first-order valence-electron chi connectivity index (χ1n) is 8.16. The number of primary amides is 1. The van der Waals surface area contributed by atoms with E-state index in [-0.39, 0.29) is 6.61 Å². The van der Waals surface area contributed by atoms with Crippen LogP contribution in [0.3, 0.4) is 0 Å². The van der Waals surface area contributed by atoms with E-state index in [1.165, 1.54) is 5.56 Å². The van der Waals surface area contributed by atoms with E-state index in [4.69, 9.17) is 10.5 Å². The van der Waals surface area contributed by atoms with Crippen molar-refractivity contribution in [3.63, 3.8) is 0 Å². The monoisotopic (exact) mass is 340 g/mol. The van der Waals surface area contributed by atoms with Gasteiger partial charge in [-0.25, -0.2) is 0 Å². The highest BCUT2D eigenvalue weighted by atomic mass is 16.5. The molecular weight excluding hydrogens is 316 g/mol. The Bertz CT molecular complexity index is 702. The first-order valence-corrected chi connectivity index (χ1v) is 8.16. The van der Waals surface area contributed by atoms with Gasteiger partial charge < -0.3 is 21.1 Å². The summed E-state index contributed by atoms with van der Waals surface area (Å²) >= 11 is 0. The molecule has 0 spiro atoms. The van der Waals surface area contributed by atoms with Crippen LogP contribution < -0.4 is 21.1 Å². The van der Waals surface area contributed by atoms with E-state index in [9.17, 15) is 4.79 Å². The molecular formula is C19H24N4O2. The number of hydrogen-bond acceptors (Lipinski definition) is 3. The predicted molar refractivity (Wildman–Crippen MR) is 99.5 cm³/mol. The molecule has 0 heterocycles. The van der Waals surface area contributed by atoms with Crippen molar-refractivity contribution in [1.29, 1.82) is 0 Å². The van der Waals surface area contributed by atoms with Gasteiger partial charge in [-0.2, -0.15) is 0 Å². The second-order valence-electron chi connectivity index (χ2n) is 5.49. The van der Waals surface area contributed by atoms with E-state index in [1.807, 2.05) is 36.4 Å². The normalized spacial score (nSPS) is 11.0. The van der Waals surface area contributed by atoms with Crippen molar-refractivity contribution in [2.45, 2.75) is 13.0 Å². The zero-order valence-corrected chi connectivity index (χ0v) is 14.4. The van der Waals surface area contributed by atoms with Gasteiger partial charge in [0.2, 0.25) is 0 Å². The summed E-state index contributed by atoms with van der Waals surface area (Å²) in [5.41, 5.74) is 7.39. The summed E-state index contributed by atoms with van der Waals surface area (Å²) in [5, 5.41) is 6.55. The lowest BCUT2D eigenvalue weighted by Crippen LogP contribution is -2.37. The van der Waals surface area contributed by atoms with Gasteiger partial charge in [-0.15, -0.1) is 0 Å². The summed E-state index contributed by atoms with van der Waals surface area (Å²) in [4.78, 5) is 15.0. The van der Waals surface area contributed by atoms with Crippen LogP contribution in [0.25, 0.3) is 0 Å². The number of rotatable bonds is 8. The Kier molecular flexibility index (Phi) is 7.31. The van der Waals surface area contributed by atoms with Gasteiger partial charge in [-0.05, 0) is 29.7 Å². The van der Waals surface area contributed by atoms with Crippen molar-refractivity contribution in [2.24, 2.45) is 10.7 Å². The quantitative estimate of drug-likeness (QED) is 0.501. The Labute approximate surface area is 148 Å². The van der Waals surface area contributed by atoms with Gasteiger partial charge in [0.05, 0.1) is 0 Å². The van der Waals surface area contributed by atoms with Crippen LogP contribution >= 0.6 is 0 Å². The molecule has 0 atom stereocenters. The van der Waals surface area contributed by atoms with Crippen LogP contribution in [0.2, 0.25) is 0 Å². The van der Waals surface area contributed by atoms with E-state index < -0.39 is 5.91 Å². The van der Waals surface area contributed by atoms with Gasteiger partial charge in [0.25, 0.3) is 5.91 Å². The SMILES string of the molecule is CN=C(NCCc1ccccc1)NCc1cccc(OCC(N)=O)c1. The highest BCUT2D eigenvalue weighted by Crippen LogP contribution is 2.13. The van der Waals surface area contributed by atoms with Crippen LogP contribution in [0.4, 0.5) is 0 Å². The van der Waals surface area contributed by atoms with Crippen molar-refractivity contribution in [3.8, 4) is 5.75 Å². The van der Waals surface area contributed by atoms with Gasteiger partial charge in [0.15, 0.2) is 12.6 Å². The van der Waals surface area contributed by atoms with Crippen molar-refractivity contribution in [1.82, 2.24) is 10.6 Å². The molecule has 0 aromatic heterocycles. The molecule has 132 valence electrons. The third kappa shape index (κ3) is 6.95. The number of aliphatic imine (C=N–C) groups is 1. The Balaban J connectivity index is 1.78. The van der Waals surface area contributed by atoms with Crippen molar-refractivity contribution in [3.05, 3.63) is 65.7 Å². The summed E-state index contributed by atoms with van der Waals surface area (Å²) in [6, 6.07) is 17.8. The minimum atomic E-state index is -0.494. The minimum Gasteiger partial charge on any atom is -0.484 e. The summed E-state index contributed by atoms with van der Waals surface area (Å²) in [6.07, 6.45) is 0.929.